The van der Waals surface area contributed by atoms with Crippen LogP contribution in [0.5, 0.6) is 5.75 Å². The van der Waals surface area contributed by atoms with E-state index in [1.165, 1.54) is 7.05 Å². The highest BCUT2D eigenvalue weighted by Crippen LogP contribution is 2.32. The first-order valence-corrected chi connectivity index (χ1v) is 3.25. The average molecular weight is 183 g/mol. The highest BCUT2D eigenvalue weighted by Gasteiger charge is 2.17. The topological polar surface area (TPSA) is 72.6 Å². The number of pyridine rings is 1. The number of aromatic hydroxyl groups is 1. The smallest absolute Gasteiger partial charge is 0.289 e. The van der Waals surface area contributed by atoms with Crippen LogP contribution in [-0.2, 0) is 7.05 Å². The first kappa shape index (κ1) is 9.06. The number of hydrogen-bond donors (Lipinski definition) is 2. The van der Waals surface area contributed by atoms with E-state index in [1.807, 2.05) is 0 Å². The van der Waals surface area contributed by atoms with Crippen LogP contribution in [0.15, 0.2) is 4.79 Å². The fourth-order valence-electron chi connectivity index (χ4n) is 0.852. The third-order valence-corrected chi connectivity index (χ3v) is 1.64. The number of halogens is 1. The maximum absolute atomic E-state index is 12.8. The molecule has 0 radical (unpaired) electrons. The van der Waals surface area contributed by atoms with Crippen LogP contribution in [-0.4, -0.2) is 9.67 Å². The molecular formula is C7H6FN3O2. The van der Waals surface area contributed by atoms with Gasteiger partial charge in [-0.3, -0.25) is 4.79 Å². The van der Waals surface area contributed by atoms with E-state index >= 15 is 0 Å². The summed E-state index contributed by atoms with van der Waals surface area (Å²) in [5.74, 6) is -2.60. The zero-order valence-electron chi connectivity index (χ0n) is 6.71. The van der Waals surface area contributed by atoms with Gasteiger partial charge < -0.3 is 15.4 Å². The molecule has 1 aromatic heterocycles. The fourth-order valence-corrected chi connectivity index (χ4v) is 0.852. The number of aromatic nitrogens is 1. The number of hydrogen-bond acceptors (Lipinski definition) is 3. The Bertz CT molecular complexity index is 426. The second kappa shape index (κ2) is 2.79. The average Bonchev–Trinajstić information content (AvgIpc) is 2.13. The van der Waals surface area contributed by atoms with E-state index in [4.69, 9.17) is 17.4 Å². The van der Waals surface area contributed by atoms with Crippen molar-refractivity contribution in [3.8, 4) is 5.75 Å². The Kier molecular flexibility index (Phi) is 1.94. The Labute approximate surface area is 72.7 Å². The van der Waals surface area contributed by atoms with E-state index in [2.05, 4.69) is 4.85 Å². The van der Waals surface area contributed by atoms with Gasteiger partial charge in [0.15, 0.2) is 5.75 Å². The summed E-state index contributed by atoms with van der Waals surface area (Å²) in [6.45, 7) is 6.59. The summed E-state index contributed by atoms with van der Waals surface area (Å²) in [5.41, 5.74) is 3.79. The van der Waals surface area contributed by atoms with Crippen molar-refractivity contribution in [1.29, 1.82) is 0 Å². The molecule has 68 valence electrons. The lowest BCUT2D eigenvalue weighted by Crippen LogP contribution is -2.22. The van der Waals surface area contributed by atoms with Gasteiger partial charge in [-0.15, -0.1) is 0 Å². The van der Waals surface area contributed by atoms with Crippen molar-refractivity contribution in [2.24, 2.45) is 7.05 Å². The van der Waals surface area contributed by atoms with Gasteiger partial charge >= 0.3 is 0 Å². The van der Waals surface area contributed by atoms with Crippen LogP contribution in [0.1, 0.15) is 0 Å². The van der Waals surface area contributed by atoms with E-state index in [9.17, 15) is 9.18 Å². The van der Waals surface area contributed by atoms with Crippen molar-refractivity contribution < 1.29 is 9.50 Å². The lowest BCUT2D eigenvalue weighted by Gasteiger charge is -2.06. The lowest BCUT2D eigenvalue weighted by molar-refractivity contribution is 0.427. The second-order valence-electron chi connectivity index (χ2n) is 2.37. The predicted molar refractivity (Wildman–Crippen MR) is 44.0 cm³/mol. The number of nitrogens with zero attached hydrogens (tertiary/aromatic N) is 2. The number of rotatable bonds is 0. The van der Waals surface area contributed by atoms with Crippen molar-refractivity contribution >= 4 is 11.5 Å². The van der Waals surface area contributed by atoms with E-state index in [-0.39, 0.29) is 5.82 Å². The quantitative estimate of drug-likeness (QED) is 0.570. The molecule has 1 aromatic rings. The van der Waals surface area contributed by atoms with Crippen LogP contribution in [0.4, 0.5) is 15.9 Å². The zero-order valence-corrected chi connectivity index (χ0v) is 6.71. The molecule has 0 bridgehead atoms. The second-order valence-corrected chi connectivity index (χ2v) is 2.37. The molecule has 0 aliphatic heterocycles. The molecular weight excluding hydrogens is 177 g/mol. The largest absolute Gasteiger partial charge is 0.516 e. The van der Waals surface area contributed by atoms with E-state index in [0.29, 0.717) is 0 Å². The third kappa shape index (κ3) is 1.10. The van der Waals surface area contributed by atoms with Gasteiger partial charge in [0, 0.05) is 7.05 Å². The highest BCUT2D eigenvalue weighted by molar-refractivity contribution is 5.71. The minimum Gasteiger partial charge on any atom is -0.516 e. The molecule has 3 N–H and O–H groups in total. The molecule has 6 heteroatoms. The van der Waals surface area contributed by atoms with Crippen molar-refractivity contribution in [1.82, 2.24) is 4.57 Å². The SMILES string of the molecule is [C-]#[N+]c1c(O)c(F)c(=O)n(C)c1N. The minimum absolute atomic E-state index is 0.251. The van der Waals surface area contributed by atoms with E-state index in [1.54, 1.807) is 0 Å². The molecule has 0 amide bonds. The summed E-state index contributed by atoms with van der Waals surface area (Å²) in [6, 6.07) is 0. The van der Waals surface area contributed by atoms with Crippen LogP contribution in [0.3, 0.4) is 0 Å². The van der Waals surface area contributed by atoms with Crippen LogP contribution in [0.25, 0.3) is 4.85 Å². The molecule has 1 rings (SSSR count). The summed E-state index contributed by atoms with van der Waals surface area (Å²) in [7, 11) is 1.22. The minimum atomic E-state index is -1.36. The Hall–Kier alpha value is -2.03. The Balaban J connectivity index is 3.80. The summed E-state index contributed by atoms with van der Waals surface area (Å²) < 4.78 is 13.6. The molecule has 0 aromatic carbocycles. The fraction of sp³-hybridized carbons (Fsp3) is 0.143. The first-order chi connectivity index (χ1) is 6.00. The van der Waals surface area contributed by atoms with Gasteiger partial charge in [0.1, 0.15) is 5.82 Å². The van der Waals surface area contributed by atoms with Crippen LogP contribution in [0.2, 0.25) is 0 Å². The summed E-state index contributed by atoms with van der Waals surface area (Å²) in [5, 5.41) is 9.00. The number of anilines is 1. The monoisotopic (exact) mass is 183 g/mol. The number of nitrogen functional groups attached to an aromatic ring is 1. The molecule has 0 atom stereocenters. The third-order valence-electron chi connectivity index (χ3n) is 1.64. The molecule has 0 aliphatic carbocycles. The molecule has 0 saturated heterocycles. The van der Waals surface area contributed by atoms with Crippen LogP contribution < -0.4 is 11.3 Å². The van der Waals surface area contributed by atoms with Gasteiger partial charge in [0.2, 0.25) is 5.82 Å². The Morgan fingerprint density at radius 3 is 2.69 bits per heavy atom. The zero-order chi connectivity index (χ0) is 10.2. The Morgan fingerprint density at radius 2 is 2.23 bits per heavy atom. The molecule has 0 saturated carbocycles. The van der Waals surface area contributed by atoms with Gasteiger partial charge in [0.25, 0.3) is 11.2 Å². The van der Waals surface area contributed by atoms with Gasteiger partial charge in [-0.1, -0.05) is 0 Å². The van der Waals surface area contributed by atoms with E-state index in [0.717, 1.165) is 4.57 Å². The summed E-state index contributed by atoms with van der Waals surface area (Å²) >= 11 is 0. The highest BCUT2D eigenvalue weighted by atomic mass is 19.1. The predicted octanol–water partition coefficient (Wildman–Crippen LogP) is 0.363. The van der Waals surface area contributed by atoms with Crippen molar-refractivity contribution in [3.63, 3.8) is 0 Å². The molecule has 1 heterocycles. The molecule has 0 fully saturated rings. The van der Waals surface area contributed by atoms with Crippen LogP contribution >= 0.6 is 0 Å². The van der Waals surface area contributed by atoms with Gasteiger partial charge in [0.05, 0.1) is 6.57 Å². The Morgan fingerprint density at radius 1 is 1.69 bits per heavy atom. The normalized spacial score (nSPS) is 9.62. The van der Waals surface area contributed by atoms with Gasteiger partial charge in [-0.25, -0.2) is 4.85 Å². The molecule has 0 spiro atoms. The molecule has 5 nitrogen and oxygen atoms in total. The maximum atomic E-state index is 12.8. The van der Waals surface area contributed by atoms with E-state index < -0.39 is 22.8 Å². The van der Waals surface area contributed by atoms with Crippen molar-refractivity contribution in [2.75, 3.05) is 5.73 Å². The molecule has 13 heavy (non-hydrogen) atoms. The number of nitrogens with two attached hydrogens (primary N) is 1. The lowest BCUT2D eigenvalue weighted by atomic mass is 10.3. The van der Waals surface area contributed by atoms with Crippen molar-refractivity contribution in [2.45, 2.75) is 0 Å². The van der Waals surface area contributed by atoms with Gasteiger partial charge in [-0.2, -0.15) is 4.39 Å². The summed E-state index contributed by atoms with van der Waals surface area (Å²) in [6.07, 6.45) is 0. The summed E-state index contributed by atoms with van der Waals surface area (Å²) in [4.78, 5) is 13.7. The van der Waals surface area contributed by atoms with Crippen LogP contribution in [0, 0.1) is 12.4 Å². The maximum Gasteiger partial charge on any atom is 0.289 e. The van der Waals surface area contributed by atoms with Crippen molar-refractivity contribution in [3.05, 3.63) is 27.6 Å². The van der Waals surface area contributed by atoms with Gasteiger partial charge in [-0.05, 0) is 0 Å². The molecule has 0 aliphatic rings. The standard InChI is InChI=1S/C7H6FN3O2/c1-10-4-5(12)3(8)7(13)11(2)6(4)9/h12H,9H2,2H3. The molecule has 0 unspecified atom stereocenters. The first-order valence-electron chi connectivity index (χ1n) is 3.25.